The predicted molar refractivity (Wildman–Crippen MR) is 202 cm³/mol. The van der Waals surface area contributed by atoms with Gasteiger partial charge in [-0.05, 0) is 19.9 Å². The van der Waals surface area contributed by atoms with Crippen LogP contribution >= 0.6 is 23.5 Å². The van der Waals surface area contributed by atoms with Crippen molar-refractivity contribution in [2.24, 2.45) is 23.7 Å². The lowest BCUT2D eigenvalue weighted by Crippen LogP contribution is -2.44. The molecule has 5 bridgehead atoms. The van der Waals surface area contributed by atoms with Crippen LogP contribution < -0.4 is 10.1 Å². The molecule has 9 unspecified atom stereocenters. The van der Waals surface area contributed by atoms with Crippen LogP contribution in [0.2, 0.25) is 0 Å². The molecule has 14 heteroatoms. The molecule has 4 aliphatic rings. The third-order valence-corrected chi connectivity index (χ3v) is 13.7. The van der Waals surface area contributed by atoms with Crippen LogP contribution in [0.5, 0.6) is 23.0 Å². The summed E-state index contributed by atoms with van der Waals surface area (Å²) in [6, 6.07) is 0. The predicted octanol–water partition coefficient (Wildman–Crippen LogP) is 5.66. The largest absolute Gasteiger partial charge is 0.507 e. The minimum Gasteiger partial charge on any atom is -0.507 e. The molecule has 1 amide bonds. The number of Topliss-reactive ketones (excluding diaryl/α,β-unsaturated/α-hetero) is 1. The Morgan fingerprint density at radius 1 is 0.865 bits per heavy atom. The third kappa shape index (κ3) is 7.01. The van der Waals surface area contributed by atoms with Crippen molar-refractivity contribution in [1.29, 1.82) is 0 Å². The number of benzene rings is 2. The van der Waals surface area contributed by atoms with E-state index in [-0.39, 0.29) is 44.5 Å². The average Bonchev–Trinajstić information content (AvgIpc) is 3.74. The Morgan fingerprint density at radius 2 is 1.48 bits per heavy atom. The van der Waals surface area contributed by atoms with E-state index < -0.39 is 87.4 Å². The van der Waals surface area contributed by atoms with Crippen LogP contribution in [0.25, 0.3) is 10.8 Å². The summed E-state index contributed by atoms with van der Waals surface area (Å²) >= 11 is 2.99. The number of anilines is 1. The summed E-state index contributed by atoms with van der Waals surface area (Å²) in [6.07, 6.45) is 3.67. The van der Waals surface area contributed by atoms with E-state index in [1.807, 2.05) is 0 Å². The molecule has 1 saturated heterocycles. The number of aliphatic hydroxyl groups is 3. The van der Waals surface area contributed by atoms with Crippen molar-refractivity contribution in [1.82, 2.24) is 0 Å². The van der Waals surface area contributed by atoms with Crippen molar-refractivity contribution in [2.75, 3.05) is 23.9 Å². The number of fused-ring (bicyclic) bond motifs is 14. The molecule has 2 aromatic carbocycles. The molecular weight excluding hydrogens is 711 g/mol. The molecule has 12 nitrogen and oxygen atoms in total. The zero-order chi connectivity index (χ0) is 38.4. The summed E-state index contributed by atoms with van der Waals surface area (Å²) in [5.41, 5.74) is 0.323. The normalized spacial score (nSPS) is 34.5. The lowest BCUT2D eigenvalue weighted by Gasteiger charge is -2.36. The number of carbonyl (C=O) groups is 2. The van der Waals surface area contributed by atoms with Gasteiger partial charge in [0.05, 0.1) is 51.9 Å². The summed E-state index contributed by atoms with van der Waals surface area (Å²) in [7, 11) is 1.45. The first-order valence-electron chi connectivity index (χ1n) is 17.3. The van der Waals surface area contributed by atoms with E-state index in [0.717, 1.165) is 11.5 Å². The number of amides is 1. The molecule has 0 saturated carbocycles. The maximum atomic E-state index is 14.2. The Balaban J connectivity index is 1.70. The fourth-order valence-electron chi connectivity index (χ4n) is 7.11. The second-order valence-corrected chi connectivity index (χ2v) is 16.8. The van der Waals surface area contributed by atoms with E-state index in [1.54, 1.807) is 46.8 Å². The molecule has 7 N–H and O–H groups in total. The monoisotopic (exact) mass is 759 g/mol. The minimum atomic E-state index is -1.97. The van der Waals surface area contributed by atoms with Gasteiger partial charge in [-0.1, -0.05) is 45.9 Å². The summed E-state index contributed by atoms with van der Waals surface area (Å²) in [6.45, 7) is 11.3. The topological polar surface area (TPSA) is 195 Å². The number of ether oxygens (including phenoxy) is 3. The number of methoxy groups -OCH3 is 1. The molecule has 284 valence electrons. The van der Waals surface area contributed by atoms with Gasteiger partial charge in [-0.15, -0.1) is 23.5 Å². The number of ketones is 1. The number of aliphatic hydroxyl groups excluding tert-OH is 3. The van der Waals surface area contributed by atoms with E-state index in [1.165, 1.54) is 62.9 Å². The van der Waals surface area contributed by atoms with Crippen molar-refractivity contribution < 1.29 is 54.4 Å². The molecule has 2 aromatic rings. The lowest BCUT2D eigenvalue weighted by molar-refractivity contribution is -0.112. The van der Waals surface area contributed by atoms with Gasteiger partial charge in [0.25, 0.3) is 11.7 Å². The molecule has 0 aromatic heterocycles. The van der Waals surface area contributed by atoms with Gasteiger partial charge in [0.15, 0.2) is 5.75 Å². The first-order valence-corrected chi connectivity index (χ1v) is 19.4. The van der Waals surface area contributed by atoms with Crippen LogP contribution in [-0.2, 0) is 14.3 Å². The molecular formula is C38H49NO11S2. The molecule has 0 spiro atoms. The Morgan fingerprint density at radius 3 is 2.12 bits per heavy atom. The van der Waals surface area contributed by atoms with Crippen molar-refractivity contribution in [3.63, 3.8) is 0 Å². The fraction of sp³-hybridized carbons (Fsp3) is 0.526. The Kier molecular flexibility index (Phi) is 11.9. The second kappa shape index (κ2) is 15.5. The zero-order valence-corrected chi connectivity index (χ0v) is 32.2. The number of phenols is 3. The van der Waals surface area contributed by atoms with E-state index in [9.17, 15) is 40.2 Å². The molecule has 6 rings (SSSR count). The molecule has 52 heavy (non-hydrogen) atoms. The maximum absolute atomic E-state index is 14.2. The summed E-state index contributed by atoms with van der Waals surface area (Å²) < 4.78 is 17.2. The number of rotatable bonds is 2. The number of phenolic OH excluding ortho intramolecular Hbond substituents is 3. The standard InChI is InChI=1S/C38H49NO11S2/c1-16-10-9-11-17(2)36(47)39-27-26(37-51-14-15-52-37)32(44)23-24(33(27)45)31(43)21(6)34-25(23)35(46)38(7,50-34)49-13-12-22(48-8)18(3)29(41)20(5)30(42)19(4)28(16)40/h9-13,16,18-20,22,28-30,37,40-45H,14-15H2,1-8H3,(H,39,47)/b10-9+,13-12+,17-11-. The van der Waals surface area contributed by atoms with Gasteiger partial charge < -0.3 is 50.2 Å². The van der Waals surface area contributed by atoms with Crippen LogP contribution in [0.15, 0.2) is 36.1 Å². The molecule has 1 fully saturated rings. The number of hydrogen-bond acceptors (Lipinski definition) is 13. The van der Waals surface area contributed by atoms with E-state index in [2.05, 4.69) is 5.32 Å². The highest BCUT2D eigenvalue weighted by Gasteiger charge is 2.50. The number of hydrogen-bond donors (Lipinski definition) is 7. The van der Waals surface area contributed by atoms with E-state index in [4.69, 9.17) is 14.2 Å². The van der Waals surface area contributed by atoms with Gasteiger partial charge in [0, 0.05) is 71.3 Å². The van der Waals surface area contributed by atoms with Crippen LogP contribution in [0.3, 0.4) is 0 Å². The highest BCUT2D eigenvalue weighted by molar-refractivity contribution is 8.19. The van der Waals surface area contributed by atoms with Crippen molar-refractivity contribution in [3.05, 3.63) is 52.8 Å². The first kappa shape index (κ1) is 39.8. The minimum absolute atomic E-state index is 0.0356. The summed E-state index contributed by atoms with van der Waals surface area (Å²) in [4.78, 5) is 27.8. The summed E-state index contributed by atoms with van der Waals surface area (Å²) in [5, 5.41) is 71.3. The SMILES string of the molecule is COC1/C=C/OC2(C)Oc3c(C)c(O)c4c(O)c(c(C5SCCS5)c(O)c4c3C2=O)NC(=O)/C(C)=C\C=C\C(C)C(O)C(C)C(O)C(C)C(O)C1C. The van der Waals surface area contributed by atoms with Crippen molar-refractivity contribution in [3.8, 4) is 23.0 Å². The molecule has 9 atom stereocenters. The van der Waals surface area contributed by atoms with Gasteiger partial charge in [0.1, 0.15) is 17.2 Å². The smallest absolute Gasteiger partial charge is 0.312 e. The molecule has 4 heterocycles. The molecule has 4 aliphatic heterocycles. The average molecular weight is 760 g/mol. The molecule has 0 radical (unpaired) electrons. The quantitative estimate of drug-likeness (QED) is 0.147. The van der Waals surface area contributed by atoms with Crippen LogP contribution in [-0.4, -0.2) is 91.1 Å². The highest BCUT2D eigenvalue weighted by atomic mass is 32.2. The molecule has 0 aliphatic carbocycles. The zero-order valence-electron chi connectivity index (χ0n) is 30.5. The highest BCUT2D eigenvalue weighted by Crippen LogP contribution is 2.60. The number of thioether (sulfide) groups is 2. The van der Waals surface area contributed by atoms with Crippen LogP contribution in [0.4, 0.5) is 5.69 Å². The number of nitrogens with one attached hydrogen (secondary N) is 1. The van der Waals surface area contributed by atoms with Gasteiger partial charge in [-0.3, -0.25) is 9.59 Å². The van der Waals surface area contributed by atoms with Gasteiger partial charge in [-0.25, -0.2) is 0 Å². The van der Waals surface area contributed by atoms with Gasteiger partial charge in [-0.2, -0.15) is 0 Å². The first-order chi connectivity index (χ1) is 24.5. The summed E-state index contributed by atoms with van der Waals surface area (Å²) in [5.74, 6) is -5.54. The number of carbonyl (C=O) groups excluding carboxylic acids is 2. The lowest BCUT2D eigenvalue weighted by atomic mass is 9.78. The Labute approximate surface area is 311 Å². The fourth-order valence-corrected chi connectivity index (χ4v) is 10.1. The second-order valence-electron chi connectivity index (χ2n) is 14.1. The van der Waals surface area contributed by atoms with Gasteiger partial charge in [0.2, 0.25) is 0 Å². The van der Waals surface area contributed by atoms with Gasteiger partial charge >= 0.3 is 5.79 Å². The Hall–Kier alpha value is -3.40. The Bertz CT molecular complexity index is 1820. The van der Waals surface area contributed by atoms with Crippen LogP contribution in [0.1, 0.15) is 67.6 Å². The van der Waals surface area contributed by atoms with Crippen molar-refractivity contribution in [2.45, 2.75) is 83.3 Å². The van der Waals surface area contributed by atoms with E-state index >= 15 is 0 Å². The number of aromatic hydroxyl groups is 3. The van der Waals surface area contributed by atoms with E-state index in [0.29, 0.717) is 0 Å². The number of allylic oxidation sites excluding steroid dienone is 2. The third-order valence-electron chi connectivity index (χ3n) is 10.6. The van der Waals surface area contributed by atoms with Crippen molar-refractivity contribution >= 4 is 51.7 Å². The maximum Gasteiger partial charge on any atom is 0.312 e. The van der Waals surface area contributed by atoms with Crippen LogP contribution in [0, 0.1) is 30.6 Å².